The first-order valence-corrected chi connectivity index (χ1v) is 14.8. The summed E-state index contributed by atoms with van der Waals surface area (Å²) in [4.78, 5) is 24.6. The zero-order valence-electron chi connectivity index (χ0n) is 25.0. The van der Waals surface area contributed by atoms with E-state index in [2.05, 4.69) is 28.1 Å². The van der Waals surface area contributed by atoms with E-state index < -0.39 is 11.2 Å². The molecule has 0 unspecified atom stereocenters. The molecule has 5 heteroatoms. The van der Waals surface area contributed by atoms with Crippen LogP contribution in [0.25, 0.3) is 22.3 Å². The monoisotopic (exact) mass is 614 g/mol. The number of carbonyl (C=O) groups excluding carboxylic acids is 2. The number of hydrogen-bond acceptors (Lipinski definition) is 4. The van der Waals surface area contributed by atoms with E-state index in [-0.39, 0.29) is 11.9 Å². The Hall–Kier alpha value is -3.70. The Balaban J connectivity index is 0.000000226. The molecule has 0 spiro atoms. The van der Waals surface area contributed by atoms with Crippen LogP contribution in [0.1, 0.15) is 73.4 Å². The Bertz CT molecular complexity index is 1460. The molecular formula is C36H39BrO4. The Kier molecular flexibility index (Phi) is 10.7. The number of benzene rings is 4. The van der Waals surface area contributed by atoms with Crippen molar-refractivity contribution in [3.63, 3.8) is 0 Å². The number of ether oxygens (including phenoxy) is 2. The average molecular weight is 616 g/mol. The van der Waals surface area contributed by atoms with Crippen LogP contribution in [0.15, 0.2) is 97.1 Å². The number of aryl methyl sites for hydroxylation is 1. The Morgan fingerprint density at radius 1 is 0.585 bits per heavy atom. The van der Waals surface area contributed by atoms with Crippen molar-refractivity contribution in [1.82, 2.24) is 0 Å². The third-order valence-corrected chi connectivity index (χ3v) is 6.52. The van der Waals surface area contributed by atoms with E-state index in [1.807, 2.05) is 133 Å². The van der Waals surface area contributed by atoms with Gasteiger partial charge in [0.25, 0.3) is 0 Å². The van der Waals surface area contributed by atoms with Crippen LogP contribution in [0.2, 0.25) is 0 Å². The molecule has 4 rings (SSSR count). The van der Waals surface area contributed by atoms with Crippen molar-refractivity contribution in [3.8, 4) is 22.3 Å². The first-order valence-electron chi connectivity index (χ1n) is 13.6. The molecule has 41 heavy (non-hydrogen) atoms. The molecule has 0 heterocycles. The molecule has 0 saturated heterocycles. The summed E-state index contributed by atoms with van der Waals surface area (Å²) in [5, 5.41) is 0.820. The van der Waals surface area contributed by atoms with Gasteiger partial charge in [-0.2, -0.15) is 0 Å². The molecule has 0 N–H and O–H groups in total. The largest absolute Gasteiger partial charge is 0.456 e. The molecule has 0 fully saturated rings. The lowest BCUT2D eigenvalue weighted by Gasteiger charge is -2.20. The van der Waals surface area contributed by atoms with Gasteiger partial charge in [-0.15, -0.1) is 0 Å². The van der Waals surface area contributed by atoms with Gasteiger partial charge in [0, 0.05) is 5.33 Å². The lowest BCUT2D eigenvalue weighted by atomic mass is 9.99. The van der Waals surface area contributed by atoms with Gasteiger partial charge < -0.3 is 9.47 Å². The minimum absolute atomic E-state index is 0.284. The number of rotatable bonds is 5. The molecule has 0 atom stereocenters. The summed E-state index contributed by atoms with van der Waals surface area (Å²) in [6.45, 7) is 13.3. The van der Waals surface area contributed by atoms with E-state index in [0.29, 0.717) is 11.1 Å². The molecule has 4 nitrogen and oxygen atoms in total. The molecule has 0 saturated carbocycles. The quantitative estimate of drug-likeness (QED) is 0.166. The Morgan fingerprint density at radius 2 is 0.951 bits per heavy atom. The predicted molar refractivity (Wildman–Crippen MR) is 171 cm³/mol. The van der Waals surface area contributed by atoms with Crippen LogP contribution in [0.3, 0.4) is 0 Å². The maximum atomic E-state index is 12.3. The zero-order valence-corrected chi connectivity index (χ0v) is 26.5. The number of esters is 2. The standard InChI is InChI=1S/C18H19BrO2.C18H20O2/c1-18(2,3)21-17(20)16-7-5-4-6-15(16)14-10-8-13(12-19)9-11-14;1-13-9-11-14(12-10-13)15-7-5-6-8-16(15)17(19)20-18(2,3)4/h4-11H,12H2,1-3H3;5-12H,1-4H3. The summed E-state index contributed by atoms with van der Waals surface area (Å²) < 4.78 is 11.0. The van der Waals surface area contributed by atoms with Crippen molar-refractivity contribution in [3.05, 3.63) is 119 Å². The predicted octanol–water partition coefficient (Wildman–Crippen LogP) is 9.82. The topological polar surface area (TPSA) is 52.6 Å². The highest BCUT2D eigenvalue weighted by Gasteiger charge is 2.21. The number of halogens is 1. The highest BCUT2D eigenvalue weighted by molar-refractivity contribution is 9.08. The second kappa shape index (κ2) is 13.8. The second-order valence-electron chi connectivity index (χ2n) is 11.8. The van der Waals surface area contributed by atoms with E-state index in [4.69, 9.17) is 9.47 Å². The van der Waals surface area contributed by atoms with E-state index >= 15 is 0 Å². The van der Waals surface area contributed by atoms with Gasteiger partial charge in [0.2, 0.25) is 0 Å². The lowest BCUT2D eigenvalue weighted by molar-refractivity contribution is 0.00578. The Morgan fingerprint density at radius 3 is 1.32 bits per heavy atom. The summed E-state index contributed by atoms with van der Waals surface area (Å²) in [5.74, 6) is -0.573. The summed E-state index contributed by atoms with van der Waals surface area (Å²) in [5.41, 5.74) is 6.46. The van der Waals surface area contributed by atoms with Crippen LogP contribution in [0.5, 0.6) is 0 Å². The van der Waals surface area contributed by atoms with E-state index in [0.717, 1.165) is 27.6 Å². The van der Waals surface area contributed by atoms with Crippen molar-refractivity contribution in [1.29, 1.82) is 0 Å². The van der Waals surface area contributed by atoms with E-state index in [1.165, 1.54) is 11.1 Å². The van der Waals surface area contributed by atoms with Gasteiger partial charge in [0.05, 0.1) is 11.1 Å². The van der Waals surface area contributed by atoms with Crippen molar-refractivity contribution in [2.75, 3.05) is 0 Å². The van der Waals surface area contributed by atoms with Gasteiger partial charge >= 0.3 is 11.9 Å². The maximum Gasteiger partial charge on any atom is 0.339 e. The fraction of sp³-hybridized carbons (Fsp3) is 0.278. The lowest BCUT2D eigenvalue weighted by Crippen LogP contribution is -2.24. The van der Waals surface area contributed by atoms with Gasteiger partial charge in [-0.25, -0.2) is 9.59 Å². The summed E-state index contributed by atoms with van der Waals surface area (Å²) >= 11 is 3.43. The van der Waals surface area contributed by atoms with Gasteiger partial charge in [0.15, 0.2) is 0 Å². The molecule has 4 aromatic rings. The molecule has 214 valence electrons. The maximum absolute atomic E-state index is 12.3. The third-order valence-electron chi connectivity index (χ3n) is 5.87. The third kappa shape index (κ3) is 9.72. The van der Waals surface area contributed by atoms with E-state index in [1.54, 1.807) is 0 Å². The average Bonchev–Trinajstić information content (AvgIpc) is 2.92. The summed E-state index contributed by atoms with van der Waals surface area (Å²) in [7, 11) is 0. The molecule has 4 aromatic carbocycles. The number of carbonyl (C=O) groups is 2. The molecule has 0 aromatic heterocycles. The molecular weight excluding hydrogens is 576 g/mol. The molecule has 0 aliphatic rings. The van der Waals surface area contributed by atoms with Gasteiger partial charge in [-0.05, 0) is 88.4 Å². The van der Waals surface area contributed by atoms with Gasteiger partial charge in [0.1, 0.15) is 11.2 Å². The number of alkyl halides is 1. The van der Waals surface area contributed by atoms with Gasteiger partial charge in [-0.3, -0.25) is 0 Å². The summed E-state index contributed by atoms with van der Waals surface area (Å²) in [6, 6.07) is 31.4. The Labute approximate surface area is 252 Å². The van der Waals surface area contributed by atoms with Crippen LogP contribution in [-0.2, 0) is 14.8 Å². The van der Waals surface area contributed by atoms with Crippen LogP contribution >= 0.6 is 15.9 Å². The zero-order chi connectivity index (χ0) is 30.2. The first-order chi connectivity index (χ1) is 19.3. The number of hydrogen-bond donors (Lipinski definition) is 0. The first kappa shape index (κ1) is 31.8. The van der Waals surface area contributed by atoms with Crippen molar-refractivity contribution in [2.24, 2.45) is 0 Å². The fourth-order valence-electron chi connectivity index (χ4n) is 4.00. The smallest absolute Gasteiger partial charge is 0.339 e. The van der Waals surface area contributed by atoms with Crippen LogP contribution in [0.4, 0.5) is 0 Å². The van der Waals surface area contributed by atoms with Crippen molar-refractivity contribution in [2.45, 2.75) is 65.0 Å². The van der Waals surface area contributed by atoms with E-state index in [9.17, 15) is 9.59 Å². The molecule has 0 bridgehead atoms. The highest BCUT2D eigenvalue weighted by Crippen LogP contribution is 2.27. The van der Waals surface area contributed by atoms with Crippen molar-refractivity contribution < 1.29 is 19.1 Å². The normalized spacial score (nSPS) is 11.2. The molecule has 0 radical (unpaired) electrons. The van der Waals surface area contributed by atoms with Crippen molar-refractivity contribution >= 4 is 27.9 Å². The van der Waals surface area contributed by atoms with Crippen LogP contribution in [-0.4, -0.2) is 23.1 Å². The minimum atomic E-state index is -0.496. The van der Waals surface area contributed by atoms with Gasteiger partial charge in [-0.1, -0.05) is 106 Å². The molecule has 0 aliphatic heterocycles. The van der Waals surface area contributed by atoms with Crippen LogP contribution in [0, 0.1) is 6.92 Å². The molecule has 0 aliphatic carbocycles. The second-order valence-corrected chi connectivity index (χ2v) is 12.4. The molecule has 0 amide bonds. The highest BCUT2D eigenvalue weighted by atomic mass is 79.9. The summed E-state index contributed by atoms with van der Waals surface area (Å²) in [6.07, 6.45) is 0. The fourth-order valence-corrected chi connectivity index (χ4v) is 4.37. The minimum Gasteiger partial charge on any atom is -0.456 e. The van der Waals surface area contributed by atoms with Crippen LogP contribution < -0.4 is 0 Å². The SMILES string of the molecule is CC(C)(C)OC(=O)c1ccccc1-c1ccc(CBr)cc1.Cc1ccc(-c2ccccc2C(=O)OC(C)(C)C)cc1.